The second-order valence-electron chi connectivity index (χ2n) is 5.16. The van der Waals surface area contributed by atoms with Crippen molar-refractivity contribution in [2.24, 2.45) is 0 Å². The number of nitrogens with one attached hydrogen (secondary N) is 2. The SMILES string of the molecule is O=C(NC1CCCc2ccccc21)N[C@@H](CCO)C(=O)O. The number of benzene rings is 1. The number of urea groups is 1. The van der Waals surface area contributed by atoms with E-state index < -0.39 is 18.0 Å². The van der Waals surface area contributed by atoms with Crippen LogP contribution in [0.15, 0.2) is 24.3 Å². The molecule has 1 unspecified atom stereocenters. The lowest BCUT2D eigenvalue weighted by Crippen LogP contribution is -2.47. The number of hydrogen-bond donors (Lipinski definition) is 4. The zero-order valence-electron chi connectivity index (χ0n) is 11.7. The van der Waals surface area contributed by atoms with Gasteiger partial charge in [0.25, 0.3) is 0 Å². The number of carbonyl (C=O) groups excluding carboxylic acids is 1. The van der Waals surface area contributed by atoms with Gasteiger partial charge in [0.15, 0.2) is 0 Å². The Labute approximate surface area is 123 Å². The number of carboxylic acids is 1. The molecule has 0 bridgehead atoms. The predicted octanol–water partition coefficient (Wildman–Crippen LogP) is 1.20. The minimum atomic E-state index is -1.15. The number of fused-ring (bicyclic) bond motifs is 1. The van der Waals surface area contributed by atoms with E-state index in [0.29, 0.717) is 0 Å². The minimum Gasteiger partial charge on any atom is -0.480 e. The van der Waals surface area contributed by atoms with Crippen molar-refractivity contribution in [1.29, 1.82) is 0 Å². The van der Waals surface area contributed by atoms with Crippen LogP contribution in [0.25, 0.3) is 0 Å². The van der Waals surface area contributed by atoms with Crippen molar-refractivity contribution in [3.8, 4) is 0 Å². The number of hydrogen-bond acceptors (Lipinski definition) is 3. The average molecular weight is 292 g/mol. The number of aliphatic hydroxyl groups excluding tert-OH is 1. The highest BCUT2D eigenvalue weighted by molar-refractivity contribution is 5.82. The van der Waals surface area contributed by atoms with Crippen molar-refractivity contribution >= 4 is 12.0 Å². The standard InChI is InChI=1S/C15H20N2O4/c18-9-8-13(14(19)20)17-15(21)16-12-7-3-5-10-4-1-2-6-11(10)12/h1-2,4,6,12-13,18H,3,5,7-9H2,(H,19,20)(H2,16,17,21)/t12?,13-/m0/s1. The van der Waals surface area contributed by atoms with Crippen molar-refractivity contribution in [3.05, 3.63) is 35.4 Å². The summed E-state index contributed by atoms with van der Waals surface area (Å²) in [6.45, 7) is -0.288. The molecular weight excluding hydrogens is 272 g/mol. The van der Waals surface area contributed by atoms with Crippen LogP contribution in [-0.4, -0.2) is 34.9 Å². The topological polar surface area (TPSA) is 98.7 Å². The Kier molecular flexibility index (Phi) is 5.16. The van der Waals surface area contributed by atoms with Gasteiger partial charge in [-0.05, 0) is 30.4 Å². The van der Waals surface area contributed by atoms with E-state index in [1.54, 1.807) is 0 Å². The Bertz CT molecular complexity index is 518. The molecule has 6 nitrogen and oxygen atoms in total. The molecule has 1 aromatic carbocycles. The summed E-state index contributed by atoms with van der Waals surface area (Å²) in [4.78, 5) is 22.9. The largest absolute Gasteiger partial charge is 0.480 e. The number of amides is 2. The highest BCUT2D eigenvalue weighted by atomic mass is 16.4. The molecule has 0 saturated heterocycles. The molecule has 6 heteroatoms. The molecule has 0 radical (unpaired) electrons. The second kappa shape index (κ2) is 7.08. The fourth-order valence-corrected chi connectivity index (χ4v) is 2.65. The summed E-state index contributed by atoms with van der Waals surface area (Å²) in [5.74, 6) is -1.15. The summed E-state index contributed by atoms with van der Waals surface area (Å²) in [5, 5.41) is 23.0. The van der Waals surface area contributed by atoms with Crippen molar-refractivity contribution in [2.75, 3.05) is 6.61 Å². The van der Waals surface area contributed by atoms with E-state index in [4.69, 9.17) is 10.2 Å². The van der Waals surface area contributed by atoms with Gasteiger partial charge in [-0.2, -0.15) is 0 Å². The molecule has 0 saturated carbocycles. The fraction of sp³-hybridized carbons (Fsp3) is 0.467. The first-order valence-electron chi connectivity index (χ1n) is 7.10. The summed E-state index contributed by atoms with van der Waals surface area (Å²) in [6, 6.07) is 6.25. The fourth-order valence-electron chi connectivity index (χ4n) is 2.65. The number of aryl methyl sites for hydroxylation is 1. The van der Waals surface area contributed by atoms with E-state index >= 15 is 0 Å². The van der Waals surface area contributed by atoms with E-state index in [-0.39, 0.29) is 19.1 Å². The molecular formula is C15H20N2O4. The van der Waals surface area contributed by atoms with Crippen LogP contribution in [0.5, 0.6) is 0 Å². The van der Waals surface area contributed by atoms with Crippen LogP contribution in [0, 0.1) is 0 Å². The molecule has 21 heavy (non-hydrogen) atoms. The van der Waals surface area contributed by atoms with Gasteiger partial charge in [0.2, 0.25) is 0 Å². The normalized spacial score (nSPS) is 18.4. The van der Waals surface area contributed by atoms with Crippen molar-refractivity contribution < 1.29 is 19.8 Å². The first-order valence-corrected chi connectivity index (χ1v) is 7.10. The summed E-state index contributed by atoms with van der Waals surface area (Å²) >= 11 is 0. The molecule has 2 atom stereocenters. The van der Waals surface area contributed by atoms with E-state index in [1.165, 1.54) is 5.56 Å². The first-order chi connectivity index (χ1) is 10.1. The highest BCUT2D eigenvalue weighted by Crippen LogP contribution is 2.29. The van der Waals surface area contributed by atoms with E-state index in [0.717, 1.165) is 24.8 Å². The molecule has 2 amide bonds. The number of aliphatic hydroxyl groups is 1. The maximum atomic E-state index is 11.9. The molecule has 0 spiro atoms. The van der Waals surface area contributed by atoms with Crippen molar-refractivity contribution in [2.45, 2.75) is 37.8 Å². The first kappa shape index (κ1) is 15.3. The third-order valence-corrected chi connectivity index (χ3v) is 3.70. The van der Waals surface area contributed by atoms with E-state index in [9.17, 15) is 9.59 Å². The Balaban J connectivity index is 1.99. The average Bonchev–Trinajstić information content (AvgIpc) is 2.47. The number of carbonyl (C=O) groups is 2. The number of carboxylic acid groups (broad SMARTS) is 1. The molecule has 2 rings (SSSR count). The zero-order chi connectivity index (χ0) is 15.2. The molecule has 1 aliphatic carbocycles. The lowest BCUT2D eigenvalue weighted by molar-refractivity contribution is -0.139. The Morgan fingerprint density at radius 2 is 2.10 bits per heavy atom. The summed E-state index contributed by atoms with van der Waals surface area (Å²) in [5.41, 5.74) is 2.31. The highest BCUT2D eigenvalue weighted by Gasteiger charge is 2.24. The van der Waals surface area contributed by atoms with Gasteiger partial charge < -0.3 is 20.8 Å². The Morgan fingerprint density at radius 3 is 2.81 bits per heavy atom. The second-order valence-corrected chi connectivity index (χ2v) is 5.16. The van der Waals surface area contributed by atoms with E-state index in [1.807, 2.05) is 24.3 Å². The Hall–Kier alpha value is -2.08. The molecule has 1 aliphatic rings. The van der Waals surface area contributed by atoms with Crippen molar-refractivity contribution in [1.82, 2.24) is 10.6 Å². The number of aliphatic carboxylic acids is 1. The van der Waals surface area contributed by atoms with Gasteiger partial charge in [-0.3, -0.25) is 0 Å². The molecule has 0 aromatic heterocycles. The molecule has 0 aliphatic heterocycles. The summed E-state index contributed by atoms with van der Waals surface area (Å²) < 4.78 is 0. The van der Waals surface area contributed by atoms with Crippen LogP contribution in [0.2, 0.25) is 0 Å². The lowest BCUT2D eigenvalue weighted by atomic mass is 9.88. The maximum Gasteiger partial charge on any atom is 0.326 e. The van der Waals surface area contributed by atoms with Gasteiger partial charge in [-0.1, -0.05) is 24.3 Å². The monoisotopic (exact) mass is 292 g/mol. The smallest absolute Gasteiger partial charge is 0.326 e. The molecule has 0 fully saturated rings. The minimum absolute atomic E-state index is 0.00991. The molecule has 0 heterocycles. The van der Waals surface area contributed by atoms with Crippen LogP contribution in [0.4, 0.5) is 4.79 Å². The molecule has 114 valence electrons. The van der Waals surface area contributed by atoms with Gasteiger partial charge in [0.05, 0.1) is 6.04 Å². The van der Waals surface area contributed by atoms with Gasteiger partial charge >= 0.3 is 12.0 Å². The van der Waals surface area contributed by atoms with Crippen LogP contribution in [0.3, 0.4) is 0 Å². The molecule has 1 aromatic rings. The predicted molar refractivity (Wildman–Crippen MR) is 76.9 cm³/mol. The van der Waals surface area contributed by atoms with Crippen molar-refractivity contribution in [3.63, 3.8) is 0 Å². The number of rotatable bonds is 5. The zero-order valence-corrected chi connectivity index (χ0v) is 11.7. The van der Waals surface area contributed by atoms with Gasteiger partial charge in [-0.25, -0.2) is 9.59 Å². The quantitative estimate of drug-likeness (QED) is 0.655. The summed E-state index contributed by atoms with van der Waals surface area (Å²) in [6.07, 6.45) is 2.81. The van der Waals surface area contributed by atoms with Crippen LogP contribution in [0.1, 0.15) is 36.4 Å². The van der Waals surface area contributed by atoms with Crippen LogP contribution in [-0.2, 0) is 11.2 Å². The van der Waals surface area contributed by atoms with Crippen LogP contribution >= 0.6 is 0 Å². The lowest BCUT2D eigenvalue weighted by Gasteiger charge is -2.27. The molecule has 4 N–H and O–H groups in total. The van der Waals surface area contributed by atoms with Crippen LogP contribution < -0.4 is 10.6 Å². The Morgan fingerprint density at radius 1 is 1.33 bits per heavy atom. The van der Waals surface area contributed by atoms with E-state index in [2.05, 4.69) is 10.6 Å². The summed E-state index contributed by atoms with van der Waals surface area (Å²) in [7, 11) is 0. The third-order valence-electron chi connectivity index (χ3n) is 3.70. The maximum absolute atomic E-state index is 11.9. The van der Waals surface area contributed by atoms with Gasteiger partial charge in [0, 0.05) is 13.0 Å². The van der Waals surface area contributed by atoms with Gasteiger partial charge in [-0.15, -0.1) is 0 Å². The third kappa shape index (κ3) is 3.95. The van der Waals surface area contributed by atoms with Gasteiger partial charge in [0.1, 0.15) is 6.04 Å².